The average molecular weight is 363 g/mol. The fourth-order valence-corrected chi connectivity index (χ4v) is 2.87. The van der Waals surface area contributed by atoms with Gasteiger partial charge in [-0.1, -0.05) is 41.9 Å². The van der Waals surface area contributed by atoms with Crippen LogP contribution in [0.15, 0.2) is 42.5 Å². The minimum Gasteiger partial charge on any atom is -0.487 e. The van der Waals surface area contributed by atoms with Gasteiger partial charge in [0, 0.05) is 5.46 Å². The zero-order valence-electron chi connectivity index (χ0n) is 14.8. The summed E-state index contributed by atoms with van der Waals surface area (Å²) in [6.07, 6.45) is 0. The van der Waals surface area contributed by atoms with E-state index in [0.29, 0.717) is 12.4 Å². The normalized spacial score (nSPS) is 18.4. The van der Waals surface area contributed by atoms with Crippen LogP contribution in [0, 0.1) is 5.82 Å². The Bertz CT molecular complexity index is 749. The smallest absolute Gasteiger partial charge is 0.487 e. The molecule has 1 aliphatic rings. The van der Waals surface area contributed by atoms with Crippen LogP contribution in [0.25, 0.3) is 0 Å². The molecule has 1 heterocycles. The molecule has 0 aromatic heterocycles. The van der Waals surface area contributed by atoms with Gasteiger partial charge < -0.3 is 14.0 Å². The van der Waals surface area contributed by atoms with E-state index in [0.717, 1.165) is 5.56 Å². The van der Waals surface area contributed by atoms with E-state index in [1.807, 2.05) is 58.0 Å². The third kappa shape index (κ3) is 3.54. The molecule has 6 heteroatoms. The first kappa shape index (κ1) is 18.2. The fraction of sp³-hybridized carbons (Fsp3) is 0.368. The molecule has 1 fully saturated rings. The van der Waals surface area contributed by atoms with Crippen LogP contribution in [0.3, 0.4) is 0 Å². The van der Waals surface area contributed by atoms with Gasteiger partial charge in [-0.05, 0) is 45.4 Å². The lowest BCUT2D eigenvalue weighted by molar-refractivity contribution is 0.00578. The predicted octanol–water partition coefficient (Wildman–Crippen LogP) is 4.36. The first-order valence-corrected chi connectivity index (χ1v) is 8.59. The molecule has 2 aromatic carbocycles. The molecule has 1 aliphatic heterocycles. The van der Waals surface area contributed by atoms with Crippen LogP contribution in [0.2, 0.25) is 5.02 Å². The van der Waals surface area contributed by atoms with Crippen LogP contribution < -0.4 is 10.2 Å². The van der Waals surface area contributed by atoms with E-state index in [1.54, 1.807) is 0 Å². The van der Waals surface area contributed by atoms with Gasteiger partial charge >= 0.3 is 7.12 Å². The van der Waals surface area contributed by atoms with E-state index in [9.17, 15) is 4.39 Å². The standard InChI is InChI=1S/C19H21BClFO3/c1-18(2)19(3,4)25-20(24-18)16-14(22)10-11-15(17(16)21)23-12-13-8-6-5-7-9-13/h5-11H,12H2,1-4H3. The summed E-state index contributed by atoms with van der Waals surface area (Å²) in [7, 11) is -0.877. The number of hydrogen-bond acceptors (Lipinski definition) is 3. The van der Waals surface area contributed by atoms with Gasteiger partial charge in [0.05, 0.1) is 16.2 Å². The van der Waals surface area contributed by atoms with Crippen LogP contribution in [-0.2, 0) is 15.9 Å². The van der Waals surface area contributed by atoms with Gasteiger partial charge in [-0.25, -0.2) is 4.39 Å². The molecular weight excluding hydrogens is 341 g/mol. The van der Waals surface area contributed by atoms with Gasteiger partial charge in [0.15, 0.2) is 0 Å². The van der Waals surface area contributed by atoms with Gasteiger partial charge in [0.25, 0.3) is 0 Å². The molecule has 0 atom stereocenters. The van der Waals surface area contributed by atoms with Crippen molar-refractivity contribution in [3.8, 4) is 5.75 Å². The summed E-state index contributed by atoms with van der Waals surface area (Å²) in [6, 6.07) is 12.5. The quantitative estimate of drug-likeness (QED) is 0.757. The molecule has 0 unspecified atom stereocenters. The summed E-state index contributed by atoms with van der Waals surface area (Å²) < 4.78 is 32.1. The van der Waals surface area contributed by atoms with E-state index in [2.05, 4.69) is 0 Å². The molecule has 25 heavy (non-hydrogen) atoms. The maximum absolute atomic E-state index is 14.4. The molecule has 0 aliphatic carbocycles. The minimum atomic E-state index is -0.877. The second kappa shape index (κ2) is 6.63. The Morgan fingerprint density at radius 3 is 2.20 bits per heavy atom. The molecule has 3 nitrogen and oxygen atoms in total. The Hall–Kier alpha value is -1.56. The zero-order chi connectivity index (χ0) is 18.2. The van der Waals surface area contributed by atoms with Gasteiger partial charge in [-0.15, -0.1) is 0 Å². The van der Waals surface area contributed by atoms with Crippen molar-refractivity contribution in [2.45, 2.75) is 45.5 Å². The van der Waals surface area contributed by atoms with Crippen molar-refractivity contribution in [2.24, 2.45) is 0 Å². The summed E-state index contributed by atoms with van der Waals surface area (Å²) in [5.41, 5.74) is 0.0221. The Morgan fingerprint density at radius 1 is 1.00 bits per heavy atom. The van der Waals surface area contributed by atoms with E-state index in [4.69, 9.17) is 25.6 Å². The second-order valence-corrected chi connectivity index (χ2v) is 7.51. The molecule has 1 saturated heterocycles. The SMILES string of the molecule is CC1(C)OB(c2c(F)ccc(OCc3ccccc3)c2Cl)OC1(C)C. The topological polar surface area (TPSA) is 27.7 Å². The van der Waals surface area contributed by atoms with Crippen molar-refractivity contribution in [1.29, 1.82) is 0 Å². The number of hydrogen-bond donors (Lipinski definition) is 0. The summed E-state index contributed by atoms with van der Waals surface area (Å²) in [5.74, 6) is -0.0767. The third-order valence-corrected chi connectivity index (χ3v) is 5.21. The predicted molar refractivity (Wildman–Crippen MR) is 97.9 cm³/mol. The maximum Gasteiger partial charge on any atom is 0.499 e. The Kier molecular flexibility index (Phi) is 4.84. The highest BCUT2D eigenvalue weighted by Crippen LogP contribution is 2.38. The molecule has 0 amide bonds. The molecule has 132 valence electrons. The number of rotatable bonds is 4. The first-order chi connectivity index (χ1) is 11.7. The Morgan fingerprint density at radius 2 is 1.60 bits per heavy atom. The van der Waals surface area contributed by atoms with Crippen LogP contribution in [-0.4, -0.2) is 18.3 Å². The minimum absolute atomic E-state index is 0.172. The van der Waals surface area contributed by atoms with E-state index in [1.165, 1.54) is 12.1 Å². The van der Waals surface area contributed by atoms with Crippen LogP contribution in [0.1, 0.15) is 33.3 Å². The van der Waals surface area contributed by atoms with Crippen LogP contribution in [0.5, 0.6) is 5.75 Å². The average Bonchev–Trinajstić information content (AvgIpc) is 2.75. The largest absolute Gasteiger partial charge is 0.499 e. The number of ether oxygens (including phenoxy) is 1. The van der Waals surface area contributed by atoms with Crippen molar-refractivity contribution >= 4 is 24.2 Å². The van der Waals surface area contributed by atoms with Crippen molar-refractivity contribution in [1.82, 2.24) is 0 Å². The number of halogens is 2. The maximum atomic E-state index is 14.4. The van der Waals surface area contributed by atoms with Gasteiger partial charge in [0.2, 0.25) is 0 Å². The summed E-state index contributed by atoms with van der Waals surface area (Å²) in [4.78, 5) is 0. The van der Waals surface area contributed by atoms with Crippen LogP contribution in [0.4, 0.5) is 4.39 Å². The molecule has 0 radical (unpaired) electrons. The van der Waals surface area contributed by atoms with Crippen molar-refractivity contribution in [2.75, 3.05) is 0 Å². The van der Waals surface area contributed by atoms with E-state index < -0.39 is 24.1 Å². The monoisotopic (exact) mass is 362 g/mol. The number of benzene rings is 2. The highest BCUT2D eigenvalue weighted by atomic mass is 35.5. The molecule has 0 spiro atoms. The molecular formula is C19H21BClFO3. The lowest BCUT2D eigenvalue weighted by atomic mass is 9.78. The Balaban J connectivity index is 1.86. The zero-order valence-corrected chi connectivity index (χ0v) is 15.6. The lowest BCUT2D eigenvalue weighted by Crippen LogP contribution is -2.41. The van der Waals surface area contributed by atoms with Gasteiger partial charge in [-0.2, -0.15) is 0 Å². The van der Waals surface area contributed by atoms with Crippen molar-refractivity contribution < 1.29 is 18.4 Å². The fourth-order valence-electron chi connectivity index (χ4n) is 2.57. The summed E-state index contributed by atoms with van der Waals surface area (Å²) >= 11 is 6.42. The lowest BCUT2D eigenvalue weighted by Gasteiger charge is -2.32. The van der Waals surface area contributed by atoms with Gasteiger partial charge in [0.1, 0.15) is 18.2 Å². The first-order valence-electron chi connectivity index (χ1n) is 8.21. The summed E-state index contributed by atoms with van der Waals surface area (Å²) in [6.45, 7) is 7.99. The van der Waals surface area contributed by atoms with Crippen molar-refractivity contribution in [3.05, 3.63) is 58.9 Å². The van der Waals surface area contributed by atoms with E-state index in [-0.39, 0.29) is 10.5 Å². The molecule has 0 N–H and O–H groups in total. The molecule has 0 bridgehead atoms. The molecule has 0 saturated carbocycles. The van der Waals surface area contributed by atoms with E-state index >= 15 is 0 Å². The highest BCUT2D eigenvalue weighted by Gasteiger charge is 2.53. The Labute approximate surface area is 153 Å². The second-order valence-electron chi connectivity index (χ2n) is 7.14. The summed E-state index contributed by atoms with van der Waals surface area (Å²) in [5, 5.41) is 0.175. The van der Waals surface area contributed by atoms with Crippen LogP contribution >= 0.6 is 11.6 Å². The van der Waals surface area contributed by atoms with Crippen molar-refractivity contribution in [3.63, 3.8) is 0 Å². The molecule has 2 aromatic rings. The van der Waals surface area contributed by atoms with Gasteiger partial charge in [-0.3, -0.25) is 0 Å². The third-order valence-electron chi connectivity index (χ3n) is 4.82. The molecule has 3 rings (SSSR count). The highest BCUT2D eigenvalue weighted by molar-refractivity contribution is 6.66.